The predicted molar refractivity (Wildman–Crippen MR) is 57.1 cm³/mol. The molecule has 2 bridgehead atoms. The molecule has 0 aromatic heterocycles. The molecule has 7 heteroatoms. The SMILES string of the molecule is CC[B-]12OC(C)=[O+][B-](CC)(OC(C)=[O+]1)O2. The molecule has 2 unspecified atom stereocenters. The Morgan fingerprint density at radius 1 is 0.933 bits per heavy atom. The molecular weight excluding hydrogens is 198 g/mol. The first-order valence-corrected chi connectivity index (χ1v) is 5.46. The van der Waals surface area contributed by atoms with E-state index in [0.29, 0.717) is 24.6 Å². The summed E-state index contributed by atoms with van der Waals surface area (Å²) in [5, 5.41) is 0. The standard InChI is InChI=1S/C8H16B2O5/c1-5-9-11-7(3)13-10(6-2,15-9)14-8(4)12-9/h5-6H2,1-4H3. The fourth-order valence-electron chi connectivity index (χ4n) is 2.07. The number of rotatable bonds is 2. The minimum Gasteiger partial charge on any atom is -0.568 e. The maximum Gasteiger partial charge on any atom is 0.717 e. The van der Waals surface area contributed by atoms with Gasteiger partial charge in [-0.3, -0.25) is 0 Å². The molecule has 0 radical (unpaired) electrons. The molecule has 0 saturated carbocycles. The normalized spacial score (nSPS) is 38.7. The smallest absolute Gasteiger partial charge is 0.568 e. The Bertz CT molecular complexity index is 310. The van der Waals surface area contributed by atoms with Crippen molar-refractivity contribution >= 4 is 25.4 Å². The Morgan fingerprint density at radius 3 is 1.67 bits per heavy atom. The van der Waals surface area contributed by atoms with Crippen molar-refractivity contribution in [1.29, 1.82) is 0 Å². The van der Waals surface area contributed by atoms with Gasteiger partial charge in [0.25, 0.3) is 0 Å². The van der Waals surface area contributed by atoms with Crippen molar-refractivity contribution in [2.75, 3.05) is 0 Å². The molecular formula is C8H16B2O5. The second-order valence-corrected chi connectivity index (χ2v) is 3.98. The molecule has 0 aromatic rings. The Hall–Kier alpha value is -0.970. The van der Waals surface area contributed by atoms with Gasteiger partial charge in [0.2, 0.25) is 0 Å². The van der Waals surface area contributed by atoms with Crippen LogP contribution in [0.3, 0.4) is 0 Å². The third kappa shape index (κ3) is 1.65. The van der Waals surface area contributed by atoms with Crippen LogP contribution in [-0.4, -0.2) is 25.4 Å². The van der Waals surface area contributed by atoms with Gasteiger partial charge in [0, 0.05) is 0 Å². The van der Waals surface area contributed by atoms with Crippen molar-refractivity contribution in [1.82, 2.24) is 0 Å². The lowest BCUT2D eigenvalue weighted by Crippen LogP contribution is -2.65. The molecule has 0 N–H and O–H groups in total. The van der Waals surface area contributed by atoms with Gasteiger partial charge in [-0.15, -0.1) is 0 Å². The van der Waals surface area contributed by atoms with Crippen molar-refractivity contribution in [3.8, 4) is 0 Å². The highest BCUT2D eigenvalue weighted by Crippen LogP contribution is 2.29. The zero-order valence-corrected chi connectivity index (χ0v) is 9.61. The number of hydrogen-bond acceptors (Lipinski definition) is 3. The summed E-state index contributed by atoms with van der Waals surface area (Å²) >= 11 is 0. The van der Waals surface area contributed by atoms with Crippen molar-refractivity contribution in [3.63, 3.8) is 0 Å². The first-order chi connectivity index (χ1) is 7.03. The quantitative estimate of drug-likeness (QED) is 0.511. The Balaban J connectivity index is 2.44. The summed E-state index contributed by atoms with van der Waals surface area (Å²) in [5.74, 6) is 0.912. The van der Waals surface area contributed by atoms with Crippen molar-refractivity contribution < 1.29 is 22.6 Å². The minimum absolute atomic E-state index is 0.456. The van der Waals surface area contributed by atoms with E-state index < -0.39 is 13.5 Å². The predicted octanol–water partition coefficient (Wildman–Crippen LogP) is 1.15. The molecule has 2 atom stereocenters. The van der Waals surface area contributed by atoms with Gasteiger partial charge in [0.05, 0.1) is 13.8 Å². The summed E-state index contributed by atoms with van der Waals surface area (Å²) in [6.07, 6.45) is 1.26. The first kappa shape index (κ1) is 10.5. The summed E-state index contributed by atoms with van der Waals surface area (Å²) < 4.78 is 27.8. The number of fused-ring (bicyclic) bond motifs is 2. The highest BCUT2D eigenvalue weighted by Gasteiger charge is 2.64. The summed E-state index contributed by atoms with van der Waals surface area (Å²) in [5.41, 5.74) is 0. The molecule has 5 nitrogen and oxygen atoms in total. The van der Waals surface area contributed by atoms with Gasteiger partial charge in [0.15, 0.2) is 0 Å². The fraction of sp³-hybridized carbons (Fsp3) is 0.750. The molecule has 2 rings (SSSR count). The molecule has 0 spiro atoms. The van der Waals surface area contributed by atoms with Gasteiger partial charge in [-0.05, 0) is 12.6 Å². The highest BCUT2D eigenvalue weighted by molar-refractivity contribution is 6.76. The highest BCUT2D eigenvalue weighted by atomic mass is 16.9. The lowest BCUT2D eigenvalue weighted by molar-refractivity contribution is -0.434. The monoisotopic (exact) mass is 214 g/mol. The lowest BCUT2D eigenvalue weighted by atomic mass is 9.63. The average molecular weight is 214 g/mol. The Morgan fingerprint density at radius 2 is 1.33 bits per heavy atom. The van der Waals surface area contributed by atoms with Crippen LogP contribution in [0.4, 0.5) is 0 Å². The fourth-order valence-corrected chi connectivity index (χ4v) is 2.07. The number of hydrogen-bond donors (Lipinski definition) is 0. The van der Waals surface area contributed by atoms with Gasteiger partial charge >= 0.3 is 25.4 Å². The van der Waals surface area contributed by atoms with E-state index in [1.54, 1.807) is 13.8 Å². The summed E-state index contributed by atoms with van der Waals surface area (Å²) in [6.45, 7) is 3.86. The van der Waals surface area contributed by atoms with Crippen LogP contribution in [0.25, 0.3) is 0 Å². The van der Waals surface area contributed by atoms with E-state index in [1.165, 1.54) is 0 Å². The van der Waals surface area contributed by atoms with Crippen LogP contribution in [0.5, 0.6) is 0 Å². The zero-order chi connectivity index (χ0) is 11.1. The Labute approximate surface area is 89.1 Å². The van der Waals surface area contributed by atoms with Crippen LogP contribution in [0, 0.1) is 0 Å². The summed E-state index contributed by atoms with van der Waals surface area (Å²) in [4.78, 5) is 0. The Kier molecular flexibility index (Phi) is 2.30. The van der Waals surface area contributed by atoms with E-state index in [2.05, 4.69) is 0 Å². The zero-order valence-electron chi connectivity index (χ0n) is 9.61. The molecule has 2 heterocycles. The van der Waals surface area contributed by atoms with E-state index in [9.17, 15) is 0 Å². The van der Waals surface area contributed by atoms with Crippen LogP contribution in [0.15, 0.2) is 0 Å². The summed E-state index contributed by atoms with van der Waals surface area (Å²) in [7, 11) is 0. The molecule has 0 saturated heterocycles. The van der Waals surface area contributed by atoms with E-state index >= 15 is 0 Å². The largest absolute Gasteiger partial charge is 0.717 e. The summed E-state index contributed by atoms with van der Waals surface area (Å²) in [6, 6.07) is 0. The molecule has 0 fully saturated rings. The van der Waals surface area contributed by atoms with Crippen LogP contribution in [0.2, 0.25) is 12.6 Å². The van der Waals surface area contributed by atoms with Gasteiger partial charge in [-0.2, -0.15) is 0 Å². The van der Waals surface area contributed by atoms with Gasteiger partial charge in [-0.1, -0.05) is 13.8 Å². The van der Waals surface area contributed by atoms with Crippen LogP contribution in [0.1, 0.15) is 27.7 Å². The second-order valence-electron chi connectivity index (χ2n) is 3.98. The van der Waals surface area contributed by atoms with Gasteiger partial charge in [-0.25, -0.2) is 0 Å². The third-order valence-corrected chi connectivity index (χ3v) is 2.80. The van der Waals surface area contributed by atoms with Crippen LogP contribution in [-0.2, 0) is 22.6 Å². The second kappa shape index (κ2) is 3.27. The minimum atomic E-state index is -1.77. The first-order valence-electron chi connectivity index (χ1n) is 5.46. The molecule has 0 aliphatic carbocycles. The molecule has 2 aliphatic rings. The van der Waals surface area contributed by atoms with Gasteiger partial charge in [0.1, 0.15) is 0 Å². The lowest BCUT2D eigenvalue weighted by Gasteiger charge is -2.41. The van der Waals surface area contributed by atoms with Gasteiger partial charge < -0.3 is 22.6 Å². The van der Waals surface area contributed by atoms with Crippen molar-refractivity contribution in [2.45, 2.75) is 40.3 Å². The number of carbonyl (C=O) groups excluding carboxylic acids is 2. The molecule has 15 heavy (non-hydrogen) atoms. The van der Waals surface area contributed by atoms with Crippen molar-refractivity contribution in [2.24, 2.45) is 0 Å². The maximum atomic E-state index is 5.73. The molecule has 0 aromatic carbocycles. The van der Waals surface area contributed by atoms with E-state index in [4.69, 9.17) is 22.6 Å². The van der Waals surface area contributed by atoms with E-state index in [1.807, 2.05) is 13.8 Å². The maximum absolute atomic E-state index is 5.73. The third-order valence-electron chi connectivity index (χ3n) is 2.80. The molecule has 84 valence electrons. The van der Waals surface area contributed by atoms with Crippen LogP contribution >= 0.6 is 0 Å². The topological polar surface area (TPSA) is 50.3 Å². The molecule has 2 aliphatic heterocycles. The van der Waals surface area contributed by atoms with E-state index in [-0.39, 0.29) is 0 Å². The van der Waals surface area contributed by atoms with Crippen molar-refractivity contribution in [3.05, 3.63) is 0 Å². The van der Waals surface area contributed by atoms with Crippen LogP contribution < -0.4 is 0 Å². The average Bonchev–Trinajstić information content (AvgIpc) is 2.15. The molecule has 0 amide bonds. The van der Waals surface area contributed by atoms with E-state index in [0.717, 1.165) is 0 Å².